The van der Waals surface area contributed by atoms with Crippen LogP contribution < -0.4 is 0 Å². The monoisotopic (exact) mass is 261 g/mol. The van der Waals surface area contributed by atoms with Crippen molar-refractivity contribution >= 4 is 0 Å². The summed E-state index contributed by atoms with van der Waals surface area (Å²) in [6.07, 6.45) is -0.785. The quantitative estimate of drug-likeness (QED) is 0.887. The normalized spacial score (nSPS) is 14.4. The van der Waals surface area contributed by atoms with Gasteiger partial charge in [0.2, 0.25) is 0 Å². The summed E-state index contributed by atoms with van der Waals surface area (Å²) in [5.41, 5.74) is 3.37. The Morgan fingerprint density at radius 3 is 2.42 bits per heavy atom. The minimum atomic E-state index is -0.785. The molecule has 19 heavy (non-hydrogen) atoms. The van der Waals surface area contributed by atoms with Crippen LogP contribution in [0.3, 0.4) is 0 Å². The lowest BCUT2D eigenvalue weighted by atomic mass is 9.94. The van der Waals surface area contributed by atoms with Gasteiger partial charge in [-0.05, 0) is 13.8 Å². The van der Waals surface area contributed by atoms with Crippen LogP contribution in [0.25, 0.3) is 11.3 Å². The van der Waals surface area contributed by atoms with Crippen molar-refractivity contribution in [2.24, 2.45) is 5.92 Å². The molecule has 4 nitrogen and oxygen atoms in total. The first kappa shape index (κ1) is 13.8. The molecule has 0 aliphatic heterocycles. The lowest BCUT2D eigenvalue weighted by Gasteiger charge is -2.16. The number of aliphatic hydroxyl groups is 2. The van der Waals surface area contributed by atoms with E-state index < -0.39 is 6.10 Å². The maximum atomic E-state index is 10.3. The highest BCUT2D eigenvalue weighted by Crippen LogP contribution is 2.33. The van der Waals surface area contributed by atoms with E-state index in [1.807, 2.05) is 31.2 Å². The maximum absolute atomic E-state index is 10.3. The summed E-state index contributed by atoms with van der Waals surface area (Å²) in [5, 5.41) is 23.5. The number of aryl methyl sites for hydroxylation is 2. The summed E-state index contributed by atoms with van der Waals surface area (Å²) in [5.74, 6) is 0.325. The molecule has 0 spiro atoms. The van der Waals surface area contributed by atoms with Crippen LogP contribution in [-0.4, -0.2) is 22.0 Å². The van der Waals surface area contributed by atoms with Crippen molar-refractivity contribution in [3.63, 3.8) is 0 Å². The van der Waals surface area contributed by atoms with Crippen molar-refractivity contribution in [2.75, 3.05) is 6.61 Å². The molecule has 2 unspecified atom stereocenters. The third-order valence-corrected chi connectivity index (χ3v) is 3.36. The van der Waals surface area contributed by atoms with Crippen molar-refractivity contribution in [2.45, 2.75) is 26.9 Å². The fraction of sp³-hybridized carbons (Fsp3) is 0.400. The molecule has 102 valence electrons. The Morgan fingerprint density at radius 2 is 1.84 bits per heavy atom. The number of hydrogen-bond acceptors (Lipinski definition) is 4. The molecule has 0 aliphatic rings. The Morgan fingerprint density at radius 1 is 1.21 bits per heavy atom. The van der Waals surface area contributed by atoms with Gasteiger partial charge in [0.1, 0.15) is 11.5 Å². The van der Waals surface area contributed by atoms with Crippen molar-refractivity contribution in [3.05, 3.63) is 41.2 Å². The van der Waals surface area contributed by atoms with Crippen LogP contribution in [0.1, 0.15) is 29.9 Å². The van der Waals surface area contributed by atoms with Crippen molar-refractivity contribution < 1.29 is 14.7 Å². The van der Waals surface area contributed by atoms with Gasteiger partial charge in [0.05, 0.1) is 11.7 Å². The summed E-state index contributed by atoms with van der Waals surface area (Å²) in [7, 11) is 0. The molecule has 0 amide bonds. The SMILES string of the molecule is Cc1ccc(-c2noc(C)c2C(O)C(C)CO)cc1. The molecular weight excluding hydrogens is 242 g/mol. The zero-order valence-corrected chi connectivity index (χ0v) is 11.4. The molecule has 1 aromatic heterocycles. The van der Waals surface area contributed by atoms with E-state index in [-0.39, 0.29) is 12.5 Å². The number of hydrogen-bond donors (Lipinski definition) is 2. The first-order valence-corrected chi connectivity index (χ1v) is 6.36. The Balaban J connectivity index is 2.45. The van der Waals surface area contributed by atoms with E-state index in [4.69, 9.17) is 4.52 Å². The molecule has 0 saturated heterocycles. The minimum Gasteiger partial charge on any atom is -0.396 e. The van der Waals surface area contributed by atoms with E-state index in [9.17, 15) is 10.2 Å². The maximum Gasteiger partial charge on any atom is 0.140 e. The van der Waals surface area contributed by atoms with E-state index >= 15 is 0 Å². The Kier molecular flexibility index (Phi) is 4.02. The molecule has 0 saturated carbocycles. The molecular formula is C15H19NO3. The average molecular weight is 261 g/mol. The first-order valence-electron chi connectivity index (χ1n) is 6.36. The highest BCUT2D eigenvalue weighted by atomic mass is 16.5. The average Bonchev–Trinajstić information content (AvgIpc) is 2.79. The Hall–Kier alpha value is -1.65. The Bertz CT molecular complexity index is 545. The van der Waals surface area contributed by atoms with Crippen molar-refractivity contribution in [1.29, 1.82) is 0 Å². The zero-order valence-electron chi connectivity index (χ0n) is 11.4. The highest BCUT2D eigenvalue weighted by Gasteiger charge is 2.25. The van der Waals surface area contributed by atoms with Crippen LogP contribution in [-0.2, 0) is 0 Å². The van der Waals surface area contributed by atoms with Crippen LogP contribution >= 0.6 is 0 Å². The van der Waals surface area contributed by atoms with Crippen LogP contribution in [0.5, 0.6) is 0 Å². The molecule has 2 N–H and O–H groups in total. The number of aromatic nitrogens is 1. The smallest absolute Gasteiger partial charge is 0.140 e. The number of rotatable bonds is 4. The lowest BCUT2D eigenvalue weighted by molar-refractivity contribution is 0.0763. The highest BCUT2D eigenvalue weighted by molar-refractivity contribution is 5.64. The summed E-state index contributed by atoms with van der Waals surface area (Å²) < 4.78 is 5.20. The molecule has 2 rings (SSSR count). The molecule has 2 atom stereocenters. The standard InChI is InChI=1S/C15H19NO3/c1-9-4-6-12(7-5-9)14-13(11(3)19-16-14)15(18)10(2)8-17/h4-7,10,15,17-18H,8H2,1-3H3. The Labute approximate surface area is 112 Å². The summed E-state index contributed by atoms with van der Waals surface area (Å²) >= 11 is 0. The second kappa shape index (κ2) is 5.55. The first-order chi connectivity index (χ1) is 9.04. The number of benzene rings is 1. The van der Waals surface area contributed by atoms with Gasteiger partial charge in [-0.15, -0.1) is 0 Å². The molecule has 0 bridgehead atoms. The van der Waals surface area contributed by atoms with Crippen LogP contribution in [0.15, 0.2) is 28.8 Å². The van der Waals surface area contributed by atoms with Gasteiger partial charge in [-0.25, -0.2) is 0 Å². The molecule has 0 fully saturated rings. The van der Waals surface area contributed by atoms with E-state index in [1.54, 1.807) is 13.8 Å². The molecule has 0 aliphatic carbocycles. The van der Waals surface area contributed by atoms with E-state index in [1.165, 1.54) is 0 Å². The van der Waals surface area contributed by atoms with E-state index in [0.717, 1.165) is 11.1 Å². The van der Waals surface area contributed by atoms with Crippen LogP contribution in [0.4, 0.5) is 0 Å². The summed E-state index contributed by atoms with van der Waals surface area (Å²) in [4.78, 5) is 0. The minimum absolute atomic E-state index is 0.0842. The second-order valence-electron chi connectivity index (χ2n) is 4.97. The van der Waals surface area contributed by atoms with Gasteiger partial charge in [0, 0.05) is 18.1 Å². The molecule has 1 aromatic carbocycles. The lowest BCUT2D eigenvalue weighted by Crippen LogP contribution is -2.14. The number of aliphatic hydroxyl groups excluding tert-OH is 2. The van der Waals surface area contributed by atoms with Gasteiger partial charge < -0.3 is 14.7 Å². The van der Waals surface area contributed by atoms with Crippen LogP contribution in [0.2, 0.25) is 0 Å². The van der Waals surface area contributed by atoms with E-state index in [0.29, 0.717) is 17.0 Å². The van der Waals surface area contributed by atoms with Gasteiger partial charge in [0.15, 0.2) is 0 Å². The van der Waals surface area contributed by atoms with Crippen molar-refractivity contribution in [1.82, 2.24) is 5.16 Å². The number of nitrogens with zero attached hydrogens (tertiary/aromatic N) is 1. The molecule has 4 heteroatoms. The molecule has 1 heterocycles. The topological polar surface area (TPSA) is 66.5 Å². The second-order valence-corrected chi connectivity index (χ2v) is 4.97. The molecule has 0 radical (unpaired) electrons. The van der Waals surface area contributed by atoms with E-state index in [2.05, 4.69) is 5.16 Å². The molecule has 2 aromatic rings. The zero-order chi connectivity index (χ0) is 14.0. The van der Waals surface area contributed by atoms with Crippen LogP contribution in [0, 0.1) is 19.8 Å². The van der Waals surface area contributed by atoms with Gasteiger partial charge in [-0.3, -0.25) is 0 Å². The predicted octanol–water partition coefficient (Wildman–Crippen LogP) is 2.62. The van der Waals surface area contributed by atoms with Gasteiger partial charge in [-0.1, -0.05) is 41.9 Å². The largest absolute Gasteiger partial charge is 0.396 e. The predicted molar refractivity (Wildman–Crippen MR) is 72.6 cm³/mol. The van der Waals surface area contributed by atoms with Gasteiger partial charge >= 0.3 is 0 Å². The van der Waals surface area contributed by atoms with Gasteiger partial charge in [0.25, 0.3) is 0 Å². The van der Waals surface area contributed by atoms with Gasteiger partial charge in [-0.2, -0.15) is 0 Å². The van der Waals surface area contributed by atoms with Crippen molar-refractivity contribution in [3.8, 4) is 11.3 Å². The third kappa shape index (κ3) is 2.69. The fourth-order valence-corrected chi connectivity index (χ4v) is 2.03. The summed E-state index contributed by atoms with van der Waals surface area (Å²) in [6, 6.07) is 7.88. The summed E-state index contributed by atoms with van der Waals surface area (Å²) in [6.45, 7) is 5.49. The fourth-order valence-electron chi connectivity index (χ4n) is 2.03. The third-order valence-electron chi connectivity index (χ3n) is 3.36.